The number of hydrogen-bond acceptors (Lipinski definition) is 2. The van der Waals surface area contributed by atoms with Crippen molar-refractivity contribution in [3.8, 4) is 0 Å². The van der Waals surface area contributed by atoms with Crippen molar-refractivity contribution >= 4 is 27.3 Å². The van der Waals surface area contributed by atoms with E-state index in [9.17, 15) is 0 Å². The molecular formula is C14H16BrNS. The van der Waals surface area contributed by atoms with Crippen LogP contribution in [0.5, 0.6) is 0 Å². The molecule has 17 heavy (non-hydrogen) atoms. The summed E-state index contributed by atoms with van der Waals surface area (Å²) in [6.07, 6.45) is 0. The maximum atomic E-state index is 3.70. The zero-order valence-corrected chi connectivity index (χ0v) is 12.4. The molecule has 0 aliphatic heterocycles. The van der Waals surface area contributed by atoms with E-state index in [1.807, 2.05) is 0 Å². The van der Waals surface area contributed by atoms with Crippen LogP contribution in [-0.2, 0) is 0 Å². The zero-order chi connectivity index (χ0) is 12.3. The average Bonchev–Trinajstić information content (AvgIpc) is 2.84. The number of nitrogens with one attached hydrogen (secondary N) is 1. The van der Waals surface area contributed by atoms with Gasteiger partial charge in [0.1, 0.15) is 0 Å². The van der Waals surface area contributed by atoms with Crippen molar-refractivity contribution in [1.82, 2.24) is 5.32 Å². The summed E-state index contributed by atoms with van der Waals surface area (Å²) in [5, 5.41) is 5.68. The van der Waals surface area contributed by atoms with Crippen molar-refractivity contribution in [1.29, 1.82) is 0 Å². The summed E-state index contributed by atoms with van der Waals surface area (Å²) in [5.41, 5.74) is 2.59. The summed E-state index contributed by atoms with van der Waals surface area (Å²) < 4.78 is 1.21. The number of rotatable bonds is 4. The van der Waals surface area contributed by atoms with E-state index in [4.69, 9.17) is 0 Å². The summed E-state index contributed by atoms with van der Waals surface area (Å²) in [6.45, 7) is 5.23. The van der Waals surface area contributed by atoms with E-state index >= 15 is 0 Å². The van der Waals surface area contributed by atoms with Gasteiger partial charge < -0.3 is 5.32 Å². The van der Waals surface area contributed by atoms with E-state index in [2.05, 4.69) is 70.8 Å². The second-order valence-electron chi connectivity index (χ2n) is 3.98. The second-order valence-corrected chi connectivity index (χ2v) is 5.76. The highest BCUT2D eigenvalue weighted by Gasteiger charge is 2.17. The topological polar surface area (TPSA) is 12.0 Å². The predicted octanol–water partition coefficient (Wildman–Crippen LogP) is 4.52. The van der Waals surface area contributed by atoms with E-state index in [1.54, 1.807) is 11.3 Å². The third-order valence-electron chi connectivity index (χ3n) is 2.77. The van der Waals surface area contributed by atoms with Crippen molar-refractivity contribution in [3.05, 3.63) is 56.2 Å². The zero-order valence-electron chi connectivity index (χ0n) is 10.0. The molecule has 3 heteroatoms. The molecule has 0 bridgehead atoms. The van der Waals surface area contributed by atoms with Crippen molar-refractivity contribution in [2.45, 2.75) is 19.9 Å². The molecule has 0 aliphatic rings. The van der Waals surface area contributed by atoms with E-state index in [0.29, 0.717) is 0 Å². The molecule has 1 aromatic carbocycles. The molecule has 0 saturated heterocycles. The van der Waals surface area contributed by atoms with Crippen LogP contribution in [0.4, 0.5) is 0 Å². The molecule has 1 aromatic heterocycles. The molecule has 1 N–H and O–H groups in total. The Bertz CT molecular complexity index is 479. The molecular weight excluding hydrogens is 294 g/mol. The van der Waals surface area contributed by atoms with E-state index < -0.39 is 0 Å². The smallest absolute Gasteiger partial charge is 0.0682 e. The van der Waals surface area contributed by atoms with Gasteiger partial charge >= 0.3 is 0 Å². The maximum absolute atomic E-state index is 3.70. The predicted molar refractivity (Wildman–Crippen MR) is 78.7 cm³/mol. The molecule has 1 heterocycles. The first kappa shape index (κ1) is 12.8. The molecule has 0 amide bonds. The van der Waals surface area contributed by atoms with E-state index in [-0.39, 0.29) is 6.04 Å². The van der Waals surface area contributed by atoms with Crippen molar-refractivity contribution in [2.75, 3.05) is 6.54 Å². The van der Waals surface area contributed by atoms with Crippen LogP contribution in [0, 0.1) is 6.92 Å². The van der Waals surface area contributed by atoms with Gasteiger partial charge in [0, 0.05) is 9.35 Å². The fourth-order valence-corrected chi connectivity index (χ4v) is 3.23. The van der Waals surface area contributed by atoms with Crippen LogP contribution in [0.3, 0.4) is 0 Å². The van der Waals surface area contributed by atoms with Crippen LogP contribution in [-0.4, -0.2) is 6.54 Å². The number of aryl methyl sites for hydroxylation is 1. The van der Waals surface area contributed by atoms with Crippen LogP contribution >= 0.6 is 27.3 Å². The van der Waals surface area contributed by atoms with Gasteiger partial charge in [0.25, 0.3) is 0 Å². The molecule has 0 aliphatic carbocycles. The summed E-state index contributed by atoms with van der Waals surface area (Å²) in [7, 11) is 0. The molecule has 0 radical (unpaired) electrons. The lowest BCUT2D eigenvalue weighted by atomic mass is 10.0. The minimum atomic E-state index is 0.286. The lowest BCUT2D eigenvalue weighted by molar-refractivity contribution is 0.637. The highest BCUT2D eigenvalue weighted by molar-refractivity contribution is 9.10. The standard InChI is InChI=1S/C14H16BrNS/c1-3-16-14(12-8-5-9-17-12)11-7-4-6-10(2)13(11)15/h4-9,14,16H,3H2,1-2H3. The molecule has 0 spiro atoms. The number of halogens is 1. The lowest BCUT2D eigenvalue weighted by Crippen LogP contribution is -2.21. The normalized spacial score (nSPS) is 12.6. The molecule has 0 fully saturated rings. The van der Waals surface area contributed by atoms with Gasteiger partial charge in [-0.05, 0) is 36.0 Å². The average molecular weight is 310 g/mol. The molecule has 1 atom stereocenters. The fraction of sp³-hybridized carbons (Fsp3) is 0.286. The maximum Gasteiger partial charge on any atom is 0.0682 e. The first-order chi connectivity index (χ1) is 8.24. The first-order valence-corrected chi connectivity index (χ1v) is 7.43. The van der Waals surface area contributed by atoms with Crippen molar-refractivity contribution < 1.29 is 0 Å². The van der Waals surface area contributed by atoms with E-state index in [0.717, 1.165) is 6.54 Å². The summed E-state index contributed by atoms with van der Waals surface area (Å²) in [4.78, 5) is 1.36. The molecule has 0 saturated carbocycles. The molecule has 1 nitrogen and oxygen atoms in total. The Labute approximate surface area is 115 Å². The fourth-order valence-electron chi connectivity index (χ4n) is 1.92. The second kappa shape index (κ2) is 5.80. The van der Waals surface area contributed by atoms with Gasteiger partial charge in [0.2, 0.25) is 0 Å². The quantitative estimate of drug-likeness (QED) is 0.875. The Balaban J connectivity index is 2.43. The number of hydrogen-bond donors (Lipinski definition) is 1. The van der Waals surface area contributed by atoms with Gasteiger partial charge in [-0.25, -0.2) is 0 Å². The van der Waals surface area contributed by atoms with Gasteiger partial charge in [-0.3, -0.25) is 0 Å². The van der Waals surface area contributed by atoms with Crippen LogP contribution in [0.15, 0.2) is 40.2 Å². The Morgan fingerprint density at radius 3 is 2.76 bits per heavy atom. The van der Waals surface area contributed by atoms with Crippen molar-refractivity contribution in [2.24, 2.45) is 0 Å². The van der Waals surface area contributed by atoms with Crippen LogP contribution in [0.25, 0.3) is 0 Å². The monoisotopic (exact) mass is 309 g/mol. The number of benzene rings is 1. The molecule has 2 rings (SSSR count). The van der Waals surface area contributed by atoms with Gasteiger partial charge in [-0.1, -0.05) is 47.1 Å². The molecule has 90 valence electrons. The Hall–Kier alpha value is -0.640. The highest BCUT2D eigenvalue weighted by Crippen LogP contribution is 2.32. The Kier molecular flexibility index (Phi) is 4.37. The summed E-state index contributed by atoms with van der Waals surface area (Å²) >= 11 is 5.50. The van der Waals surface area contributed by atoms with Crippen LogP contribution in [0.2, 0.25) is 0 Å². The van der Waals surface area contributed by atoms with Gasteiger partial charge in [-0.15, -0.1) is 11.3 Å². The SMILES string of the molecule is CCNC(c1cccs1)c1cccc(C)c1Br. The Morgan fingerprint density at radius 2 is 2.12 bits per heavy atom. The number of thiophene rings is 1. The van der Waals surface area contributed by atoms with E-state index in [1.165, 1.54) is 20.5 Å². The highest BCUT2D eigenvalue weighted by atomic mass is 79.9. The van der Waals surface area contributed by atoms with Crippen molar-refractivity contribution in [3.63, 3.8) is 0 Å². The molecule has 2 aromatic rings. The summed E-state index contributed by atoms with van der Waals surface area (Å²) in [6, 6.07) is 11.0. The minimum Gasteiger partial charge on any atom is -0.306 e. The van der Waals surface area contributed by atoms with Gasteiger partial charge in [0.15, 0.2) is 0 Å². The van der Waals surface area contributed by atoms with Gasteiger partial charge in [-0.2, -0.15) is 0 Å². The third kappa shape index (κ3) is 2.79. The lowest BCUT2D eigenvalue weighted by Gasteiger charge is -2.19. The first-order valence-electron chi connectivity index (χ1n) is 5.75. The van der Waals surface area contributed by atoms with Crippen LogP contribution < -0.4 is 5.32 Å². The third-order valence-corrected chi connectivity index (χ3v) is 4.79. The summed E-state index contributed by atoms with van der Waals surface area (Å²) in [5.74, 6) is 0. The Morgan fingerprint density at radius 1 is 1.29 bits per heavy atom. The minimum absolute atomic E-state index is 0.286. The molecule has 1 unspecified atom stereocenters. The largest absolute Gasteiger partial charge is 0.306 e. The van der Waals surface area contributed by atoms with Gasteiger partial charge in [0.05, 0.1) is 6.04 Å². The van der Waals surface area contributed by atoms with Crippen LogP contribution in [0.1, 0.15) is 29.0 Å².